The number of nitrogens with one attached hydrogen (secondary N) is 1. The number of carboxylic acid groups (broad SMARTS) is 1. The van der Waals surface area contributed by atoms with Crippen molar-refractivity contribution >= 4 is 22.6 Å². The lowest BCUT2D eigenvalue weighted by molar-refractivity contribution is -0.142. The van der Waals surface area contributed by atoms with Crippen molar-refractivity contribution in [2.75, 3.05) is 0 Å². The number of hydrogen-bond acceptors (Lipinski definition) is 3. The average molecular weight is 477 g/mol. The number of halogens is 4. The normalized spacial score (nSPS) is 12.9. The monoisotopic (exact) mass is 477 g/mol. The Kier molecular flexibility index (Phi) is 6.86. The first-order valence-electron chi connectivity index (χ1n) is 10.3. The topological polar surface area (TPSA) is 75.6 Å². The van der Waals surface area contributed by atoms with Gasteiger partial charge < -0.3 is 15.2 Å². The van der Waals surface area contributed by atoms with E-state index >= 15 is 0 Å². The second kappa shape index (κ2) is 9.32. The summed E-state index contributed by atoms with van der Waals surface area (Å²) in [7, 11) is 0. The zero-order valence-corrected chi connectivity index (χ0v) is 18.7. The molecule has 0 aliphatic rings. The predicted octanol–water partition coefficient (Wildman–Crippen LogP) is 5.81. The van der Waals surface area contributed by atoms with Gasteiger partial charge in [0.05, 0.1) is 11.1 Å². The van der Waals surface area contributed by atoms with Crippen LogP contribution in [0.25, 0.3) is 10.8 Å². The minimum atomic E-state index is -4.48. The Morgan fingerprint density at radius 3 is 2.18 bits per heavy atom. The highest BCUT2D eigenvalue weighted by Gasteiger charge is 2.34. The van der Waals surface area contributed by atoms with Gasteiger partial charge in [0.2, 0.25) is 0 Å². The molecule has 0 radical (unpaired) electrons. The Labute approximate surface area is 193 Å². The molecule has 2 N–H and O–H groups in total. The van der Waals surface area contributed by atoms with Gasteiger partial charge in [0.15, 0.2) is 0 Å². The summed E-state index contributed by atoms with van der Waals surface area (Å²) in [5.41, 5.74) is -1.25. The molecule has 0 heterocycles. The molecule has 3 rings (SSSR count). The number of benzene rings is 3. The van der Waals surface area contributed by atoms with E-state index in [-0.39, 0.29) is 23.3 Å². The second-order valence-electron chi connectivity index (χ2n) is 8.90. The lowest BCUT2D eigenvalue weighted by Crippen LogP contribution is -2.49. The minimum absolute atomic E-state index is 0.00699. The summed E-state index contributed by atoms with van der Waals surface area (Å²) in [6.45, 7) is 4.77. The van der Waals surface area contributed by atoms with Crippen molar-refractivity contribution in [3.05, 3.63) is 77.1 Å². The summed E-state index contributed by atoms with van der Waals surface area (Å²) >= 11 is 0. The van der Waals surface area contributed by atoms with Crippen LogP contribution in [-0.4, -0.2) is 23.0 Å². The molecule has 0 saturated carbocycles. The Bertz CT molecular complexity index is 1210. The van der Waals surface area contributed by atoms with Gasteiger partial charge in [-0.25, -0.2) is 9.18 Å². The molecule has 0 saturated heterocycles. The molecule has 3 aromatic rings. The Morgan fingerprint density at radius 2 is 1.62 bits per heavy atom. The molecule has 1 amide bonds. The van der Waals surface area contributed by atoms with Crippen molar-refractivity contribution in [2.45, 2.75) is 39.6 Å². The van der Waals surface area contributed by atoms with E-state index < -0.39 is 40.9 Å². The van der Waals surface area contributed by atoms with Gasteiger partial charge in [-0.3, -0.25) is 4.79 Å². The van der Waals surface area contributed by atoms with Gasteiger partial charge in [0.25, 0.3) is 5.91 Å². The van der Waals surface area contributed by atoms with E-state index in [0.29, 0.717) is 10.9 Å². The Hall–Kier alpha value is -3.62. The van der Waals surface area contributed by atoms with Gasteiger partial charge in [-0.1, -0.05) is 45.0 Å². The number of carboxylic acids is 1. The summed E-state index contributed by atoms with van der Waals surface area (Å²) in [4.78, 5) is 24.7. The number of alkyl halides is 3. The van der Waals surface area contributed by atoms with E-state index in [0.717, 1.165) is 12.1 Å². The Balaban J connectivity index is 1.98. The molecule has 0 spiro atoms. The maximum Gasteiger partial charge on any atom is 0.416 e. The number of fused-ring (bicyclic) bond motifs is 1. The smallest absolute Gasteiger partial charge is 0.416 e. The van der Waals surface area contributed by atoms with Crippen molar-refractivity contribution in [3.8, 4) is 5.75 Å². The molecule has 0 aromatic heterocycles. The number of hydrogen-bond donors (Lipinski definition) is 2. The van der Waals surface area contributed by atoms with E-state index in [2.05, 4.69) is 5.32 Å². The highest BCUT2D eigenvalue weighted by Crippen LogP contribution is 2.33. The van der Waals surface area contributed by atoms with Crippen LogP contribution in [0, 0.1) is 11.2 Å². The number of ether oxygens (including phenoxy) is 1. The van der Waals surface area contributed by atoms with Crippen LogP contribution in [0.1, 0.15) is 42.3 Å². The molecule has 5 nitrogen and oxygen atoms in total. The quantitative estimate of drug-likeness (QED) is 0.440. The van der Waals surface area contributed by atoms with Gasteiger partial charge in [0.1, 0.15) is 24.2 Å². The fourth-order valence-electron chi connectivity index (χ4n) is 3.40. The molecule has 34 heavy (non-hydrogen) atoms. The van der Waals surface area contributed by atoms with E-state index in [1.807, 2.05) is 0 Å². The number of amides is 1. The third kappa shape index (κ3) is 5.65. The first kappa shape index (κ1) is 25.0. The van der Waals surface area contributed by atoms with Gasteiger partial charge in [-0.2, -0.15) is 13.2 Å². The first-order valence-corrected chi connectivity index (χ1v) is 10.3. The third-order valence-corrected chi connectivity index (χ3v) is 5.23. The van der Waals surface area contributed by atoms with Crippen molar-refractivity contribution in [2.24, 2.45) is 5.41 Å². The summed E-state index contributed by atoms with van der Waals surface area (Å²) in [6.07, 6.45) is -4.48. The highest BCUT2D eigenvalue weighted by atomic mass is 19.4. The molecule has 0 fully saturated rings. The van der Waals surface area contributed by atoms with E-state index in [1.165, 1.54) is 36.4 Å². The fourth-order valence-corrected chi connectivity index (χ4v) is 3.40. The summed E-state index contributed by atoms with van der Waals surface area (Å²) < 4.78 is 58.3. The standard InChI is InChI=1S/C25H23F4NO4/c1-24(2,3)21(23(32)33)30-22(31)18-11-7-15-6-10-17(26)12-19(15)20(18)34-13-14-4-8-16(9-5-14)25(27,28)29/h4-12,21H,13H2,1-3H3,(H,30,31)(H,32,33)/t21-/m0/s1. The van der Waals surface area contributed by atoms with Gasteiger partial charge in [-0.15, -0.1) is 0 Å². The zero-order valence-electron chi connectivity index (χ0n) is 18.7. The lowest BCUT2D eigenvalue weighted by atomic mass is 9.86. The maximum absolute atomic E-state index is 14.0. The molecule has 0 unspecified atom stereocenters. The molecular weight excluding hydrogens is 454 g/mol. The minimum Gasteiger partial charge on any atom is -0.487 e. The zero-order chi connectivity index (χ0) is 25.3. The van der Waals surface area contributed by atoms with Crippen LogP contribution < -0.4 is 10.1 Å². The number of rotatable bonds is 6. The van der Waals surface area contributed by atoms with Crippen LogP contribution in [0.15, 0.2) is 54.6 Å². The van der Waals surface area contributed by atoms with Crippen LogP contribution in [0.2, 0.25) is 0 Å². The lowest BCUT2D eigenvalue weighted by Gasteiger charge is -2.28. The summed E-state index contributed by atoms with van der Waals surface area (Å²) in [5, 5.41) is 12.8. The van der Waals surface area contributed by atoms with E-state index in [9.17, 15) is 32.3 Å². The molecule has 180 valence electrons. The molecule has 0 aliphatic heterocycles. The Morgan fingerprint density at radius 1 is 1.00 bits per heavy atom. The van der Waals surface area contributed by atoms with Crippen LogP contribution in [0.3, 0.4) is 0 Å². The second-order valence-corrected chi connectivity index (χ2v) is 8.90. The maximum atomic E-state index is 14.0. The highest BCUT2D eigenvalue weighted by molar-refractivity contribution is 6.05. The fraction of sp³-hybridized carbons (Fsp3) is 0.280. The summed E-state index contributed by atoms with van der Waals surface area (Å²) in [6, 6.07) is 10.0. The van der Waals surface area contributed by atoms with E-state index in [1.54, 1.807) is 26.8 Å². The number of carbonyl (C=O) groups excluding carboxylic acids is 1. The van der Waals surface area contributed by atoms with Crippen LogP contribution >= 0.6 is 0 Å². The predicted molar refractivity (Wildman–Crippen MR) is 118 cm³/mol. The van der Waals surface area contributed by atoms with Gasteiger partial charge in [-0.05, 0) is 46.7 Å². The molecular formula is C25H23F4NO4. The van der Waals surface area contributed by atoms with Gasteiger partial charge >= 0.3 is 12.1 Å². The van der Waals surface area contributed by atoms with Crippen molar-refractivity contribution in [1.29, 1.82) is 0 Å². The number of aliphatic carboxylic acids is 1. The molecule has 0 bridgehead atoms. The van der Waals surface area contributed by atoms with Crippen molar-refractivity contribution in [1.82, 2.24) is 5.32 Å². The average Bonchev–Trinajstić information content (AvgIpc) is 2.74. The largest absolute Gasteiger partial charge is 0.487 e. The molecule has 9 heteroatoms. The van der Waals surface area contributed by atoms with Crippen molar-refractivity contribution in [3.63, 3.8) is 0 Å². The first-order chi connectivity index (χ1) is 15.8. The van der Waals surface area contributed by atoms with Crippen LogP contribution in [-0.2, 0) is 17.6 Å². The summed E-state index contributed by atoms with van der Waals surface area (Å²) in [5.74, 6) is -2.55. The molecule has 1 atom stereocenters. The van der Waals surface area contributed by atoms with Gasteiger partial charge in [0, 0.05) is 5.39 Å². The van der Waals surface area contributed by atoms with Crippen molar-refractivity contribution < 1.29 is 37.0 Å². The van der Waals surface area contributed by atoms with Crippen LogP contribution in [0.4, 0.5) is 17.6 Å². The molecule has 3 aromatic carbocycles. The SMILES string of the molecule is CC(C)(C)[C@@H](NC(=O)c1ccc2ccc(F)cc2c1OCc1ccc(C(F)(F)F)cc1)C(=O)O. The van der Waals surface area contributed by atoms with E-state index in [4.69, 9.17) is 4.74 Å². The number of carbonyl (C=O) groups is 2. The van der Waals surface area contributed by atoms with Crippen LogP contribution in [0.5, 0.6) is 5.75 Å². The third-order valence-electron chi connectivity index (χ3n) is 5.23. The molecule has 0 aliphatic carbocycles.